The van der Waals surface area contributed by atoms with Crippen LogP contribution in [0, 0.1) is 37.1 Å². The molecule has 3 aliphatic rings. The number of fused-ring (bicyclic) bond motifs is 9. The molecule has 0 N–H and O–H groups in total. The van der Waals surface area contributed by atoms with Crippen LogP contribution in [0.4, 0.5) is 68.7 Å². The van der Waals surface area contributed by atoms with E-state index in [4.69, 9.17) is 41.2 Å². The summed E-state index contributed by atoms with van der Waals surface area (Å²) < 4.78 is 116. The Morgan fingerprint density at radius 1 is 0.222 bits per heavy atom. The lowest BCUT2D eigenvalue weighted by atomic mass is 9.77. The molecule has 0 radical (unpaired) electrons. The third-order valence-corrected chi connectivity index (χ3v) is 27.4. The van der Waals surface area contributed by atoms with Crippen molar-refractivity contribution in [2.45, 2.75) is 131 Å². The Kier molecular flexibility index (Phi) is 22.9. The van der Waals surface area contributed by atoms with Crippen LogP contribution in [-0.2, 0) is 27.9 Å². The molecule has 0 bridgehead atoms. The Hall–Kier alpha value is -14.0. The summed E-state index contributed by atoms with van der Waals surface area (Å²) in [6.45, 7) is 28.9. The van der Waals surface area contributed by atoms with Crippen molar-refractivity contribution in [3.63, 3.8) is 0 Å². The van der Waals surface area contributed by atoms with Gasteiger partial charge in [0.15, 0.2) is 0 Å². The molecule has 3 aromatic heterocycles. The zero-order chi connectivity index (χ0) is 93.8. The van der Waals surface area contributed by atoms with Gasteiger partial charge < -0.3 is 55.9 Å². The number of halogens is 4. The van der Waals surface area contributed by atoms with Crippen molar-refractivity contribution in [1.29, 1.82) is 0 Å². The molecule has 0 saturated carbocycles. The Bertz CT molecular complexity index is 7540. The molecule has 0 unspecified atom stereocenters. The van der Waals surface area contributed by atoms with Crippen molar-refractivity contribution < 1.29 is 58.7 Å². The molecule has 3 aliphatic heterocycles. The first-order chi connectivity index (χ1) is 64.8. The van der Waals surface area contributed by atoms with Crippen LogP contribution >= 0.6 is 0 Å². The van der Waals surface area contributed by atoms with E-state index in [9.17, 15) is 17.6 Å². The molecule has 19 aromatic rings. The first-order valence-electron chi connectivity index (χ1n) is 45.7. The molecule has 0 spiro atoms. The van der Waals surface area contributed by atoms with Crippen LogP contribution in [0.1, 0.15) is 94.2 Å². The fourth-order valence-corrected chi connectivity index (χ4v) is 18.3. The van der Waals surface area contributed by atoms with Crippen LogP contribution in [0.5, 0.6) is 0 Å². The lowest BCUT2D eigenvalue weighted by molar-refractivity contribution is 0.00578. The lowest BCUT2D eigenvalue weighted by Crippen LogP contribution is -2.41. The van der Waals surface area contributed by atoms with Crippen molar-refractivity contribution in [3.05, 3.63) is 386 Å². The van der Waals surface area contributed by atoms with Crippen molar-refractivity contribution in [2.75, 3.05) is 14.7 Å². The Morgan fingerprint density at radius 3 is 1.16 bits per heavy atom. The van der Waals surface area contributed by atoms with Crippen LogP contribution in [0.15, 0.2) is 365 Å². The van der Waals surface area contributed by atoms with Gasteiger partial charge in [-0.2, -0.15) is 0 Å². The predicted molar refractivity (Wildman–Crippen MR) is 543 cm³/mol. The minimum absolute atomic E-state index is 0.0431. The van der Waals surface area contributed by atoms with E-state index in [0.717, 1.165) is 181 Å². The molecule has 19 heteroatoms. The number of anilines is 9. The van der Waals surface area contributed by atoms with Gasteiger partial charge in [-0.3, -0.25) is 0 Å². The van der Waals surface area contributed by atoms with Gasteiger partial charge in [0.2, 0.25) is 0 Å². The van der Waals surface area contributed by atoms with Crippen molar-refractivity contribution in [1.82, 2.24) is 0 Å². The van der Waals surface area contributed by atoms with Gasteiger partial charge in [0.1, 0.15) is 56.8 Å². The number of furan rings is 3. The van der Waals surface area contributed by atoms with Crippen LogP contribution in [0.3, 0.4) is 0 Å². The van der Waals surface area contributed by atoms with Gasteiger partial charge in [0.25, 0.3) is 0 Å². The second kappa shape index (κ2) is 34.8. The Morgan fingerprint density at radius 2 is 0.622 bits per heavy atom. The summed E-state index contributed by atoms with van der Waals surface area (Å²) in [7, 11) is -1.47. The summed E-state index contributed by atoms with van der Waals surface area (Å²) in [4.78, 5) is 6.06. The van der Waals surface area contributed by atoms with E-state index in [2.05, 4.69) is 316 Å². The molecule has 135 heavy (non-hydrogen) atoms. The number of aryl methyl sites for hydroxylation is 2. The van der Waals surface area contributed by atoms with E-state index in [1.165, 1.54) is 10.5 Å². The van der Waals surface area contributed by atoms with Gasteiger partial charge in [-0.15, -0.1) is 0 Å². The number of benzene rings is 16. The summed E-state index contributed by atoms with van der Waals surface area (Å²) in [6, 6.07) is 114. The highest BCUT2D eigenvalue weighted by Gasteiger charge is 2.54. The molecular weight excluding hydrogens is 1690 g/mol. The van der Waals surface area contributed by atoms with E-state index >= 15 is 0 Å². The smallest absolute Gasteiger partial charge is 0.455 e. The summed E-state index contributed by atoms with van der Waals surface area (Å²) in [6.07, 6.45) is 0. The maximum Gasteiger partial charge on any atom is 0.494 e. The largest absolute Gasteiger partial charge is 0.494 e. The maximum atomic E-state index is 14.6. The Balaban J connectivity index is 0.000000126. The number of hydrogen-bond donors (Lipinski definition) is 0. The van der Waals surface area contributed by atoms with Crippen molar-refractivity contribution in [2.24, 2.45) is 0 Å². The highest BCUT2D eigenvalue weighted by Crippen LogP contribution is 2.52. The molecule has 670 valence electrons. The molecule has 3 fully saturated rings. The number of para-hydroxylation sites is 7. The second-order valence-corrected chi connectivity index (χ2v) is 38.1. The fraction of sp³-hybridized carbons (Fsp3) is 0.172. The average molecular weight is 1790 g/mol. The van der Waals surface area contributed by atoms with E-state index in [1.807, 2.05) is 94.4 Å². The summed E-state index contributed by atoms with van der Waals surface area (Å²) >= 11 is 0. The van der Waals surface area contributed by atoms with E-state index < -0.39 is 67.0 Å². The van der Waals surface area contributed by atoms with Gasteiger partial charge in [-0.1, -0.05) is 223 Å². The van der Waals surface area contributed by atoms with Gasteiger partial charge >= 0.3 is 21.4 Å². The van der Waals surface area contributed by atoms with Gasteiger partial charge in [-0.25, -0.2) is 17.6 Å². The van der Waals surface area contributed by atoms with Gasteiger partial charge in [0, 0.05) is 89.8 Å². The normalized spacial score (nSPS) is 15.6. The molecule has 0 aliphatic carbocycles. The second-order valence-electron chi connectivity index (χ2n) is 38.1. The number of hydrogen-bond acceptors (Lipinski definition) is 12. The molecule has 0 atom stereocenters. The third kappa shape index (κ3) is 16.8. The molecule has 0 amide bonds. The first kappa shape index (κ1) is 88.9. The zero-order valence-corrected chi connectivity index (χ0v) is 77.7. The molecule has 3 saturated heterocycles. The quantitative estimate of drug-likeness (QED) is 0.0679. The molecule has 12 nitrogen and oxygen atoms in total. The van der Waals surface area contributed by atoms with Crippen molar-refractivity contribution >= 4 is 155 Å². The van der Waals surface area contributed by atoms with Gasteiger partial charge in [0.05, 0.1) is 61.7 Å². The van der Waals surface area contributed by atoms with Crippen LogP contribution in [0.25, 0.3) is 110 Å². The standard InChI is InChI=1S/C42H36BNO3.C38H36BNO3.C36H28BF4NO3/c1-41(2)42(3,4)47-43(46-41)30-25-23-29(24-26-30)33-27-28-35(39-36-20-12-14-22-38(36)45-40(33)39)34-19-11-13-21-37(34)44(31-15-7-5-8-16-31)32-17-9-6-10-18-32;1-25-16-18-30(19-17-25)40(29-12-8-7-9-13-29)33-21-20-31(36-35(33)32-14-10-11-15-34(32)41-36)27-22-26(2)23-28(24-27)39-42-37(3,4)38(5,6)43-39;1-35(2)36(3,4)45-37(44-35)22-9-7-8-21(12-22)31-19-29(20-32-30-10-5-6-11-33(30)43-34(31)32)42(27-15-23(38)13-24(39)16-27)28-17-25(40)14-26(41)18-28/h5-28H,1-4H3;7-24H,1-6H3;5-20H,1-4H3. The first-order valence-corrected chi connectivity index (χ1v) is 45.7. The lowest BCUT2D eigenvalue weighted by Gasteiger charge is -2.32. The monoisotopic (exact) mass is 1790 g/mol. The molecular formula is C116H100B3F4N3O9. The van der Waals surface area contributed by atoms with Crippen LogP contribution < -0.4 is 31.1 Å². The third-order valence-electron chi connectivity index (χ3n) is 27.4. The van der Waals surface area contributed by atoms with E-state index in [0.29, 0.717) is 27.8 Å². The summed E-state index contributed by atoms with van der Waals surface area (Å²) in [5.41, 5.74) is 22.0. The summed E-state index contributed by atoms with van der Waals surface area (Å²) in [5.74, 6) is -3.34. The molecule has 6 heterocycles. The zero-order valence-electron chi connectivity index (χ0n) is 77.7. The minimum atomic E-state index is -0.836. The van der Waals surface area contributed by atoms with Gasteiger partial charge in [-0.05, 0) is 263 Å². The van der Waals surface area contributed by atoms with E-state index in [-0.39, 0.29) is 22.6 Å². The van der Waals surface area contributed by atoms with Crippen LogP contribution in [0.2, 0.25) is 0 Å². The topological polar surface area (TPSA) is 105 Å². The fourth-order valence-electron chi connectivity index (χ4n) is 18.3. The molecule has 16 aromatic carbocycles. The maximum absolute atomic E-state index is 14.6. The van der Waals surface area contributed by atoms with Crippen molar-refractivity contribution in [3.8, 4) is 44.5 Å². The predicted octanol–water partition coefficient (Wildman–Crippen LogP) is 29.9. The average Bonchev–Trinajstić information content (AvgIpc) is 1.61. The number of nitrogens with zero attached hydrogens (tertiary/aromatic N) is 3. The Labute approximate surface area is 784 Å². The highest BCUT2D eigenvalue weighted by molar-refractivity contribution is 6.63. The highest BCUT2D eigenvalue weighted by atomic mass is 19.1. The number of rotatable bonds is 16. The molecule has 22 rings (SSSR count). The summed E-state index contributed by atoms with van der Waals surface area (Å²) in [5, 5.41) is 5.86. The minimum Gasteiger partial charge on any atom is -0.455 e. The van der Waals surface area contributed by atoms with Crippen LogP contribution in [-0.4, -0.2) is 55.0 Å². The SMILES string of the molecule is CC1(C)OB(c2ccc(-c3ccc(-c4ccccc4N(c4ccccc4)c4ccccc4)c4c3oc3ccccc34)cc2)OC1(C)C.CC1(C)OB(c2cccc(-c3cc(N(c4cc(F)cc(F)c4)c4cc(F)cc(F)c4)cc4c3oc3ccccc34)c2)OC1(C)C.Cc1ccc(N(c2ccccc2)c2ccc(-c3cc(C)cc(B4OC(C)(C)C(C)(C)O4)c3)c3oc4ccccc4c23)cc1. The van der Waals surface area contributed by atoms with E-state index in [1.54, 1.807) is 12.1 Å².